The maximum atomic E-state index is 12.1. The van der Waals surface area contributed by atoms with Gasteiger partial charge in [0.15, 0.2) is 0 Å². The van der Waals surface area contributed by atoms with Crippen molar-refractivity contribution in [1.29, 1.82) is 0 Å². The highest BCUT2D eigenvalue weighted by Crippen LogP contribution is 2.25. The van der Waals surface area contributed by atoms with Gasteiger partial charge in [0.1, 0.15) is 0 Å². The largest absolute Gasteiger partial charge is 0.336 e. The fourth-order valence-electron chi connectivity index (χ4n) is 1.77. The van der Waals surface area contributed by atoms with Crippen LogP contribution in [0.15, 0.2) is 47.6 Å². The standard InChI is InChI=1S/C16H15Cl2N3O2S/c1-21(16(23)10-24-12-4-6-19-7-5-12)9-15(22)20-11-2-3-13(17)14(18)8-11/h2-8H,9-10H2,1H3,(H,20,22). The highest BCUT2D eigenvalue weighted by Gasteiger charge is 2.14. The van der Waals surface area contributed by atoms with Crippen molar-refractivity contribution < 1.29 is 9.59 Å². The van der Waals surface area contributed by atoms with E-state index >= 15 is 0 Å². The van der Waals surface area contributed by atoms with Gasteiger partial charge in [-0.05, 0) is 30.3 Å². The van der Waals surface area contributed by atoms with Gasteiger partial charge in [0.05, 0.1) is 22.3 Å². The minimum atomic E-state index is -0.307. The average Bonchev–Trinajstić information content (AvgIpc) is 2.56. The zero-order valence-corrected chi connectivity index (χ0v) is 15.2. The average molecular weight is 384 g/mol. The number of nitrogens with one attached hydrogen (secondary N) is 1. The number of hydrogen-bond acceptors (Lipinski definition) is 4. The van der Waals surface area contributed by atoms with Gasteiger partial charge in [-0.25, -0.2) is 0 Å². The third-order valence-corrected chi connectivity index (χ3v) is 4.76. The lowest BCUT2D eigenvalue weighted by molar-refractivity contribution is -0.131. The van der Waals surface area contributed by atoms with Crippen LogP contribution in [0.1, 0.15) is 0 Å². The van der Waals surface area contributed by atoms with Crippen molar-refractivity contribution in [3.63, 3.8) is 0 Å². The van der Waals surface area contributed by atoms with E-state index in [1.54, 1.807) is 37.6 Å². The second-order valence-electron chi connectivity index (χ2n) is 4.90. The molecule has 0 radical (unpaired) electrons. The predicted octanol–water partition coefficient (Wildman–Crippen LogP) is 3.58. The molecular formula is C16H15Cl2N3O2S. The Morgan fingerprint density at radius 2 is 1.88 bits per heavy atom. The number of benzene rings is 1. The normalized spacial score (nSPS) is 10.3. The molecule has 0 aliphatic heterocycles. The van der Waals surface area contributed by atoms with E-state index in [9.17, 15) is 9.59 Å². The van der Waals surface area contributed by atoms with E-state index in [1.165, 1.54) is 16.7 Å². The second-order valence-corrected chi connectivity index (χ2v) is 6.76. The molecule has 0 saturated carbocycles. The van der Waals surface area contributed by atoms with Gasteiger partial charge in [-0.15, -0.1) is 11.8 Å². The van der Waals surface area contributed by atoms with Gasteiger partial charge >= 0.3 is 0 Å². The van der Waals surface area contributed by atoms with E-state index < -0.39 is 0 Å². The van der Waals surface area contributed by atoms with Crippen molar-refractivity contribution in [2.75, 3.05) is 24.7 Å². The molecule has 0 aliphatic carbocycles. The Balaban J connectivity index is 1.81. The van der Waals surface area contributed by atoms with E-state index in [0.717, 1.165) is 4.90 Å². The molecule has 0 atom stereocenters. The number of hydrogen-bond donors (Lipinski definition) is 1. The zero-order valence-electron chi connectivity index (χ0n) is 12.8. The molecule has 5 nitrogen and oxygen atoms in total. The van der Waals surface area contributed by atoms with Crippen LogP contribution < -0.4 is 5.32 Å². The molecule has 0 spiro atoms. The zero-order chi connectivity index (χ0) is 17.5. The van der Waals surface area contributed by atoms with Gasteiger partial charge in [0, 0.05) is 30.0 Å². The number of pyridine rings is 1. The van der Waals surface area contributed by atoms with Crippen molar-refractivity contribution in [2.45, 2.75) is 4.90 Å². The van der Waals surface area contributed by atoms with Gasteiger partial charge in [-0.1, -0.05) is 23.2 Å². The number of thioether (sulfide) groups is 1. The molecule has 8 heteroatoms. The molecule has 0 saturated heterocycles. The summed E-state index contributed by atoms with van der Waals surface area (Å²) in [7, 11) is 1.59. The molecule has 2 rings (SSSR count). The van der Waals surface area contributed by atoms with Crippen LogP contribution in [0.5, 0.6) is 0 Å². The van der Waals surface area contributed by atoms with Crippen LogP contribution in [0.4, 0.5) is 5.69 Å². The van der Waals surface area contributed by atoms with E-state index in [0.29, 0.717) is 15.7 Å². The summed E-state index contributed by atoms with van der Waals surface area (Å²) in [6, 6.07) is 8.46. The highest BCUT2D eigenvalue weighted by atomic mass is 35.5. The molecule has 0 bridgehead atoms. The maximum Gasteiger partial charge on any atom is 0.243 e. The van der Waals surface area contributed by atoms with Crippen molar-refractivity contribution in [1.82, 2.24) is 9.88 Å². The number of nitrogens with zero attached hydrogens (tertiary/aromatic N) is 2. The van der Waals surface area contributed by atoms with E-state index in [1.807, 2.05) is 12.1 Å². The van der Waals surface area contributed by atoms with Crippen LogP contribution in [0, 0.1) is 0 Å². The molecular weight excluding hydrogens is 369 g/mol. The summed E-state index contributed by atoms with van der Waals surface area (Å²) in [5.41, 5.74) is 0.529. The minimum absolute atomic E-state index is 0.0457. The molecule has 0 unspecified atom stereocenters. The summed E-state index contributed by atoms with van der Waals surface area (Å²) >= 11 is 13.1. The first-order valence-electron chi connectivity index (χ1n) is 6.97. The van der Waals surface area contributed by atoms with E-state index in [-0.39, 0.29) is 24.1 Å². The smallest absolute Gasteiger partial charge is 0.243 e. The van der Waals surface area contributed by atoms with Gasteiger partial charge < -0.3 is 10.2 Å². The summed E-state index contributed by atoms with van der Waals surface area (Å²) in [5.74, 6) is -0.195. The van der Waals surface area contributed by atoms with Crippen LogP contribution in [-0.4, -0.2) is 41.0 Å². The van der Waals surface area contributed by atoms with Crippen LogP contribution in [-0.2, 0) is 9.59 Å². The number of carbonyl (C=O) groups is 2. The lowest BCUT2D eigenvalue weighted by Gasteiger charge is -2.16. The Kier molecular flexibility index (Phi) is 6.90. The molecule has 1 aromatic carbocycles. The lowest BCUT2D eigenvalue weighted by Crippen LogP contribution is -2.35. The first-order valence-corrected chi connectivity index (χ1v) is 8.71. The number of anilines is 1. The van der Waals surface area contributed by atoms with Gasteiger partial charge in [-0.3, -0.25) is 14.6 Å². The number of carbonyl (C=O) groups excluding carboxylic acids is 2. The van der Waals surface area contributed by atoms with E-state index in [4.69, 9.17) is 23.2 Å². The minimum Gasteiger partial charge on any atom is -0.336 e. The summed E-state index contributed by atoms with van der Waals surface area (Å²) in [4.78, 5) is 30.3. The van der Waals surface area contributed by atoms with Crippen molar-refractivity contribution in [3.8, 4) is 0 Å². The van der Waals surface area contributed by atoms with Gasteiger partial charge in [-0.2, -0.15) is 0 Å². The fraction of sp³-hybridized carbons (Fsp3) is 0.188. The monoisotopic (exact) mass is 383 g/mol. The Bertz CT molecular complexity index is 729. The van der Waals surface area contributed by atoms with Crippen LogP contribution in [0.3, 0.4) is 0 Å². The number of halogens is 2. The van der Waals surface area contributed by atoms with Crippen LogP contribution in [0.25, 0.3) is 0 Å². The molecule has 2 amide bonds. The summed E-state index contributed by atoms with van der Waals surface area (Å²) in [6.07, 6.45) is 3.34. The molecule has 0 fully saturated rings. The molecule has 1 heterocycles. The molecule has 0 aliphatic rings. The third-order valence-electron chi connectivity index (χ3n) is 3.02. The Hall–Kier alpha value is -1.76. The van der Waals surface area contributed by atoms with Gasteiger partial charge in [0.2, 0.25) is 11.8 Å². The lowest BCUT2D eigenvalue weighted by atomic mass is 10.3. The number of aromatic nitrogens is 1. The maximum absolute atomic E-state index is 12.1. The summed E-state index contributed by atoms with van der Waals surface area (Å²) in [5, 5.41) is 3.44. The molecule has 126 valence electrons. The summed E-state index contributed by atoms with van der Waals surface area (Å²) < 4.78 is 0. The van der Waals surface area contributed by atoms with Crippen molar-refractivity contribution in [3.05, 3.63) is 52.8 Å². The van der Waals surface area contributed by atoms with Crippen LogP contribution in [0.2, 0.25) is 10.0 Å². The SMILES string of the molecule is CN(CC(=O)Nc1ccc(Cl)c(Cl)c1)C(=O)CSc1ccncc1. The molecule has 24 heavy (non-hydrogen) atoms. The molecule has 1 aromatic heterocycles. The summed E-state index contributed by atoms with van der Waals surface area (Å²) in [6.45, 7) is -0.0457. The Morgan fingerprint density at radius 3 is 2.54 bits per heavy atom. The second kappa shape index (κ2) is 8.92. The van der Waals surface area contributed by atoms with Crippen LogP contribution >= 0.6 is 35.0 Å². The topological polar surface area (TPSA) is 62.3 Å². The molecule has 1 N–H and O–H groups in total. The third kappa shape index (κ3) is 5.70. The highest BCUT2D eigenvalue weighted by molar-refractivity contribution is 8.00. The number of amides is 2. The van der Waals surface area contributed by atoms with E-state index in [2.05, 4.69) is 10.3 Å². The Labute approximate surface area is 154 Å². The fourth-order valence-corrected chi connectivity index (χ4v) is 2.89. The van der Waals surface area contributed by atoms with Crippen molar-refractivity contribution >= 4 is 52.5 Å². The molecule has 2 aromatic rings. The first-order chi connectivity index (χ1) is 11.5. The quantitative estimate of drug-likeness (QED) is 0.774. The number of rotatable bonds is 6. The Morgan fingerprint density at radius 1 is 1.17 bits per heavy atom. The first kappa shape index (κ1) is 18.6. The predicted molar refractivity (Wildman–Crippen MR) is 97.7 cm³/mol. The number of likely N-dealkylation sites (N-methyl/N-ethyl adjacent to an activating group) is 1. The van der Waals surface area contributed by atoms with Gasteiger partial charge in [0.25, 0.3) is 0 Å². The van der Waals surface area contributed by atoms with Crippen molar-refractivity contribution in [2.24, 2.45) is 0 Å².